The van der Waals surface area contributed by atoms with Gasteiger partial charge in [-0.25, -0.2) is 0 Å². The van der Waals surface area contributed by atoms with E-state index in [0.717, 1.165) is 11.5 Å². The number of rotatable bonds is 3. The third-order valence-electron chi connectivity index (χ3n) is 4.49. The first-order chi connectivity index (χ1) is 11.5. The molecule has 8 heteroatoms. The number of carbonyl (C=O) groups is 1. The van der Waals surface area contributed by atoms with E-state index in [9.17, 15) is 4.79 Å². The molecule has 1 aromatic heterocycles. The van der Waals surface area contributed by atoms with Crippen molar-refractivity contribution in [3.05, 3.63) is 18.0 Å². The molecule has 0 saturated carbocycles. The maximum atomic E-state index is 12.8. The highest BCUT2D eigenvalue weighted by Crippen LogP contribution is 2.42. The maximum Gasteiger partial charge on any atom is 0.223 e. The Morgan fingerprint density at radius 3 is 2.27 bits per heavy atom. The molecule has 1 aromatic rings. The molecule has 0 N–H and O–H groups in total. The van der Waals surface area contributed by atoms with Crippen LogP contribution in [0.15, 0.2) is 17.4 Å². The Bertz CT molecular complexity index is 636. The van der Waals surface area contributed by atoms with Gasteiger partial charge in [0.05, 0.1) is 12.2 Å². The Kier molecular flexibility index (Phi) is 7.50. The van der Waals surface area contributed by atoms with E-state index >= 15 is 0 Å². The molecule has 0 aliphatic carbocycles. The molecule has 1 aliphatic heterocycles. The number of hydrogen-bond acceptors (Lipinski definition) is 3. The number of aryl methyl sites for hydroxylation is 1. The fourth-order valence-electron chi connectivity index (χ4n) is 3.65. The Hall–Kier alpha value is -1.32. The SMILES string of the molecule is CN(C)C(=NC[C@@H]1CC(=O)N(C(C)(C)C)[C@H]1c1cnn(C)c1)N(C)C.I. The maximum absolute atomic E-state index is 12.8. The summed E-state index contributed by atoms with van der Waals surface area (Å²) in [5.41, 5.74) is 0.849. The van der Waals surface area contributed by atoms with Crippen LogP contribution in [0.1, 0.15) is 38.8 Å². The molecule has 1 saturated heterocycles. The minimum absolute atomic E-state index is 0. The molecule has 1 amide bonds. The topological polar surface area (TPSA) is 57.0 Å². The van der Waals surface area contributed by atoms with Gasteiger partial charge in [0.25, 0.3) is 0 Å². The van der Waals surface area contributed by atoms with Crippen LogP contribution in [0.2, 0.25) is 0 Å². The molecule has 148 valence electrons. The average Bonchev–Trinajstić information content (AvgIpc) is 3.00. The van der Waals surface area contributed by atoms with Crippen LogP contribution in [0.4, 0.5) is 0 Å². The lowest BCUT2D eigenvalue weighted by Crippen LogP contribution is -2.44. The third kappa shape index (κ3) is 4.89. The highest BCUT2D eigenvalue weighted by atomic mass is 127. The lowest BCUT2D eigenvalue weighted by Gasteiger charge is -2.38. The van der Waals surface area contributed by atoms with E-state index in [1.807, 2.05) is 62.3 Å². The van der Waals surface area contributed by atoms with Crippen molar-refractivity contribution in [1.82, 2.24) is 24.5 Å². The standard InChI is InChI=1S/C18H32N6O.HI/c1-18(2,3)24-15(25)9-13(10-19-17(21(4)5)22(6)7)16(24)14-11-20-23(8)12-14;/h11-13,16H,9-10H2,1-8H3;1H/t13-,16+;/m0./s1. The van der Waals surface area contributed by atoms with Crippen LogP contribution in [0.3, 0.4) is 0 Å². The molecule has 26 heavy (non-hydrogen) atoms. The van der Waals surface area contributed by atoms with Crippen molar-refractivity contribution in [2.75, 3.05) is 34.7 Å². The van der Waals surface area contributed by atoms with E-state index in [2.05, 4.69) is 25.9 Å². The number of nitrogens with zero attached hydrogens (tertiary/aromatic N) is 6. The van der Waals surface area contributed by atoms with Gasteiger partial charge in [0, 0.05) is 71.4 Å². The van der Waals surface area contributed by atoms with E-state index in [4.69, 9.17) is 4.99 Å². The largest absolute Gasteiger partial charge is 0.349 e. The monoisotopic (exact) mass is 476 g/mol. The molecular formula is C18H33IN6O. The highest BCUT2D eigenvalue weighted by Gasteiger charge is 2.45. The lowest BCUT2D eigenvalue weighted by atomic mass is 9.93. The predicted octanol–water partition coefficient (Wildman–Crippen LogP) is 2.21. The summed E-state index contributed by atoms with van der Waals surface area (Å²) in [5.74, 6) is 1.25. The van der Waals surface area contributed by atoms with Gasteiger partial charge in [-0.1, -0.05) is 0 Å². The molecule has 1 aliphatic rings. The second-order valence-corrected chi connectivity index (χ2v) is 8.22. The normalized spacial score (nSPS) is 20.0. The Balaban J connectivity index is 0.00000338. The van der Waals surface area contributed by atoms with Gasteiger partial charge in [-0.2, -0.15) is 5.10 Å². The van der Waals surface area contributed by atoms with Crippen LogP contribution in [0.5, 0.6) is 0 Å². The minimum atomic E-state index is -0.234. The molecule has 2 rings (SSSR count). The number of aromatic nitrogens is 2. The van der Waals surface area contributed by atoms with E-state index in [1.54, 1.807) is 4.68 Å². The predicted molar refractivity (Wildman–Crippen MR) is 116 cm³/mol. The molecule has 0 bridgehead atoms. The first kappa shape index (κ1) is 22.7. The van der Waals surface area contributed by atoms with Crippen LogP contribution >= 0.6 is 24.0 Å². The summed E-state index contributed by atoms with van der Waals surface area (Å²) in [6.07, 6.45) is 4.41. The quantitative estimate of drug-likeness (QED) is 0.382. The van der Waals surface area contributed by atoms with Crippen LogP contribution in [-0.2, 0) is 11.8 Å². The Morgan fingerprint density at radius 1 is 1.27 bits per heavy atom. The van der Waals surface area contributed by atoms with E-state index in [-0.39, 0.29) is 47.4 Å². The highest BCUT2D eigenvalue weighted by molar-refractivity contribution is 14.0. The number of guanidine groups is 1. The van der Waals surface area contributed by atoms with E-state index in [0.29, 0.717) is 13.0 Å². The van der Waals surface area contributed by atoms with Crippen molar-refractivity contribution in [2.45, 2.75) is 38.8 Å². The number of aliphatic imine (C=N–C) groups is 1. The van der Waals surface area contributed by atoms with Crippen molar-refractivity contribution in [3.8, 4) is 0 Å². The molecular weight excluding hydrogens is 443 g/mol. The number of carbonyl (C=O) groups excluding carboxylic acids is 1. The first-order valence-corrected chi connectivity index (χ1v) is 8.72. The summed E-state index contributed by atoms with van der Waals surface area (Å²) >= 11 is 0. The van der Waals surface area contributed by atoms with Gasteiger partial charge < -0.3 is 14.7 Å². The zero-order chi connectivity index (χ0) is 18.9. The van der Waals surface area contributed by atoms with Crippen LogP contribution in [0.25, 0.3) is 0 Å². The van der Waals surface area contributed by atoms with Crippen LogP contribution < -0.4 is 0 Å². The summed E-state index contributed by atoms with van der Waals surface area (Å²) < 4.78 is 1.80. The number of amides is 1. The fraction of sp³-hybridized carbons (Fsp3) is 0.722. The molecule has 0 aromatic carbocycles. The van der Waals surface area contributed by atoms with Crippen molar-refractivity contribution in [3.63, 3.8) is 0 Å². The van der Waals surface area contributed by atoms with Crippen LogP contribution in [0, 0.1) is 5.92 Å². The molecule has 1 fully saturated rings. The summed E-state index contributed by atoms with van der Waals surface area (Å²) in [6.45, 7) is 6.88. The number of hydrogen-bond donors (Lipinski definition) is 0. The van der Waals surface area contributed by atoms with Gasteiger partial charge >= 0.3 is 0 Å². The Labute approximate surface area is 174 Å². The zero-order valence-electron chi connectivity index (χ0n) is 17.2. The van der Waals surface area contributed by atoms with Crippen molar-refractivity contribution in [2.24, 2.45) is 18.0 Å². The summed E-state index contributed by atoms with van der Waals surface area (Å²) in [6, 6.07) is 0.00974. The summed E-state index contributed by atoms with van der Waals surface area (Å²) in [5, 5.41) is 4.32. The first-order valence-electron chi connectivity index (χ1n) is 8.72. The van der Waals surface area contributed by atoms with Crippen molar-refractivity contribution >= 4 is 35.8 Å². The molecule has 2 atom stereocenters. The number of likely N-dealkylation sites (tertiary alicyclic amines) is 1. The smallest absolute Gasteiger partial charge is 0.223 e. The van der Waals surface area contributed by atoms with Gasteiger partial charge in [-0.15, -0.1) is 24.0 Å². The second kappa shape index (κ2) is 8.58. The van der Waals surface area contributed by atoms with Crippen molar-refractivity contribution in [1.29, 1.82) is 0 Å². The molecule has 7 nitrogen and oxygen atoms in total. The van der Waals surface area contributed by atoms with Gasteiger partial charge in [-0.05, 0) is 20.8 Å². The molecule has 0 spiro atoms. The second-order valence-electron chi connectivity index (χ2n) is 8.22. The minimum Gasteiger partial charge on any atom is -0.349 e. The molecule has 0 radical (unpaired) electrons. The van der Waals surface area contributed by atoms with Crippen molar-refractivity contribution < 1.29 is 4.79 Å². The Morgan fingerprint density at radius 2 is 1.85 bits per heavy atom. The average molecular weight is 476 g/mol. The van der Waals surface area contributed by atoms with Gasteiger partial charge in [0.15, 0.2) is 5.96 Å². The van der Waals surface area contributed by atoms with E-state index in [1.165, 1.54) is 0 Å². The lowest BCUT2D eigenvalue weighted by molar-refractivity contribution is -0.133. The zero-order valence-corrected chi connectivity index (χ0v) is 19.6. The van der Waals surface area contributed by atoms with E-state index < -0.39 is 0 Å². The fourth-order valence-corrected chi connectivity index (χ4v) is 3.65. The van der Waals surface area contributed by atoms with Crippen LogP contribution in [-0.4, -0.2) is 76.6 Å². The summed E-state index contributed by atoms with van der Waals surface area (Å²) in [7, 11) is 9.85. The summed E-state index contributed by atoms with van der Waals surface area (Å²) in [4.78, 5) is 23.6. The third-order valence-corrected chi connectivity index (χ3v) is 4.49. The molecule has 2 heterocycles. The van der Waals surface area contributed by atoms with Gasteiger partial charge in [-0.3, -0.25) is 14.5 Å². The number of halogens is 1. The molecule has 0 unspecified atom stereocenters. The van der Waals surface area contributed by atoms with Gasteiger partial charge in [0.1, 0.15) is 0 Å². The van der Waals surface area contributed by atoms with Gasteiger partial charge in [0.2, 0.25) is 5.91 Å².